The molecule has 0 saturated carbocycles. The number of amides is 1. The topological polar surface area (TPSA) is 42.0 Å². The van der Waals surface area contributed by atoms with Crippen molar-refractivity contribution in [2.24, 2.45) is 0 Å². The normalized spacial score (nSPS) is 21.0. The van der Waals surface area contributed by atoms with Gasteiger partial charge in [-0.3, -0.25) is 9.69 Å². The minimum atomic E-state index is -4.41. The Morgan fingerprint density at radius 2 is 1.74 bits per heavy atom. The summed E-state index contributed by atoms with van der Waals surface area (Å²) in [6.07, 6.45) is -1.27. The Morgan fingerprint density at radius 3 is 2.43 bits per heavy atom. The summed E-state index contributed by atoms with van der Waals surface area (Å²) in [4.78, 5) is 17.3. The lowest BCUT2D eigenvalue weighted by molar-refractivity contribution is -0.137. The van der Waals surface area contributed by atoms with Gasteiger partial charge < -0.3 is 14.4 Å². The van der Waals surface area contributed by atoms with Crippen LogP contribution in [0.4, 0.5) is 13.2 Å². The molecule has 5 nitrogen and oxygen atoms in total. The first kappa shape index (κ1) is 25.5. The van der Waals surface area contributed by atoms with E-state index in [2.05, 4.69) is 24.8 Å². The first-order chi connectivity index (χ1) is 16.7. The molecule has 190 valence electrons. The summed E-state index contributed by atoms with van der Waals surface area (Å²) in [6.45, 7) is 7.17. The van der Waals surface area contributed by atoms with E-state index >= 15 is 0 Å². The molecule has 8 heteroatoms. The fourth-order valence-corrected chi connectivity index (χ4v) is 5.32. The molecular formula is C27H33F3N2O3. The molecule has 2 aliphatic heterocycles. The predicted octanol–water partition coefficient (Wildman–Crippen LogP) is 5.40. The zero-order valence-electron chi connectivity index (χ0n) is 20.5. The number of carbonyl (C=O) groups is 1. The number of ether oxygens (including phenoxy) is 2. The molecule has 2 aromatic carbocycles. The van der Waals surface area contributed by atoms with Gasteiger partial charge >= 0.3 is 6.18 Å². The number of benzene rings is 2. The van der Waals surface area contributed by atoms with Crippen molar-refractivity contribution in [3.63, 3.8) is 0 Å². The number of fused-ring (bicyclic) bond motifs is 1. The molecule has 35 heavy (non-hydrogen) atoms. The summed E-state index contributed by atoms with van der Waals surface area (Å²) in [6, 6.07) is 9.25. The Balaban J connectivity index is 1.45. The summed E-state index contributed by atoms with van der Waals surface area (Å²) in [5, 5.41) is 0. The van der Waals surface area contributed by atoms with Gasteiger partial charge in [-0.05, 0) is 80.1 Å². The zero-order valence-corrected chi connectivity index (χ0v) is 20.5. The Kier molecular flexibility index (Phi) is 7.71. The molecule has 0 N–H and O–H groups in total. The first-order valence-electron chi connectivity index (χ1n) is 12.1. The number of rotatable bonds is 6. The first-order valence-corrected chi connectivity index (χ1v) is 12.1. The molecule has 1 amide bonds. The fourth-order valence-electron chi connectivity index (χ4n) is 5.32. The average Bonchev–Trinajstić information content (AvgIpc) is 2.85. The van der Waals surface area contributed by atoms with Crippen LogP contribution in [-0.4, -0.2) is 61.7 Å². The van der Waals surface area contributed by atoms with Crippen molar-refractivity contribution >= 4 is 5.91 Å². The number of hydrogen-bond acceptors (Lipinski definition) is 4. The van der Waals surface area contributed by atoms with E-state index in [0.717, 1.165) is 49.3 Å². The molecule has 0 spiro atoms. The van der Waals surface area contributed by atoms with Gasteiger partial charge in [0, 0.05) is 44.4 Å². The molecular weight excluding hydrogens is 457 g/mol. The predicted molar refractivity (Wildman–Crippen MR) is 128 cm³/mol. The van der Waals surface area contributed by atoms with Crippen molar-refractivity contribution < 1.29 is 27.4 Å². The van der Waals surface area contributed by atoms with Gasteiger partial charge in [-0.25, -0.2) is 0 Å². The lowest BCUT2D eigenvalue weighted by atomic mass is 9.86. The summed E-state index contributed by atoms with van der Waals surface area (Å²) < 4.78 is 49.6. The molecule has 2 aromatic rings. The van der Waals surface area contributed by atoms with Crippen LogP contribution in [0, 0.1) is 13.8 Å². The maximum absolute atomic E-state index is 13.0. The number of piperazine rings is 1. The second-order valence-electron chi connectivity index (χ2n) is 9.41. The van der Waals surface area contributed by atoms with E-state index in [1.54, 1.807) is 12.0 Å². The summed E-state index contributed by atoms with van der Waals surface area (Å²) in [7, 11) is 1.65. The van der Waals surface area contributed by atoms with E-state index in [-0.39, 0.29) is 18.0 Å². The zero-order chi connectivity index (χ0) is 25.2. The quantitative estimate of drug-likeness (QED) is 0.509. The Bertz CT molecular complexity index is 1040. The second-order valence-corrected chi connectivity index (χ2v) is 9.41. The van der Waals surface area contributed by atoms with Crippen LogP contribution in [0.15, 0.2) is 36.4 Å². The van der Waals surface area contributed by atoms with Crippen LogP contribution in [0.3, 0.4) is 0 Å². The van der Waals surface area contributed by atoms with Gasteiger partial charge in [0.05, 0.1) is 12.2 Å². The van der Waals surface area contributed by atoms with Gasteiger partial charge in [0.15, 0.2) is 0 Å². The van der Waals surface area contributed by atoms with E-state index < -0.39 is 11.7 Å². The highest BCUT2D eigenvalue weighted by Gasteiger charge is 2.38. The van der Waals surface area contributed by atoms with Gasteiger partial charge in [-0.2, -0.15) is 13.2 Å². The molecule has 2 aliphatic rings. The Hall–Kier alpha value is -2.58. The highest BCUT2D eigenvalue weighted by molar-refractivity contribution is 5.94. The number of methoxy groups -OCH3 is 1. The van der Waals surface area contributed by atoms with Crippen LogP contribution >= 0.6 is 0 Å². The second kappa shape index (κ2) is 10.6. The molecule has 2 heterocycles. The number of piperidine rings is 1. The molecule has 2 fully saturated rings. The van der Waals surface area contributed by atoms with Crippen LogP contribution in [0.5, 0.6) is 5.75 Å². The lowest BCUT2D eigenvalue weighted by Gasteiger charge is -2.49. The van der Waals surface area contributed by atoms with Crippen molar-refractivity contribution in [1.82, 2.24) is 9.80 Å². The van der Waals surface area contributed by atoms with E-state index in [0.29, 0.717) is 31.9 Å². The van der Waals surface area contributed by atoms with Gasteiger partial charge in [0.1, 0.15) is 12.4 Å². The van der Waals surface area contributed by atoms with Crippen molar-refractivity contribution in [3.05, 3.63) is 64.2 Å². The van der Waals surface area contributed by atoms with E-state index in [4.69, 9.17) is 9.47 Å². The van der Waals surface area contributed by atoms with Crippen molar-refractivity contribution in [2.45, 2.75) is 51.4 Å². The van der Waals surface area contributed by atoms with Crippen LogP contribution in [0.2, 0.25) is 0 Å². The molecule has 2 atom stereocenters. The van der Waals surface area contributed by atoms with E-state index in [9.17, 15) is 18.0 Å². The van der Waals surface area contributed by atoms with Crippen LogP contribution < -0.4 is 4.74 Å². The highest BCUT2D eigenvalue weighted by atomic mass is 19.4. The smallest absolute Gasteiger partial charge is 0.416 e. The van der Waals surface area contributed by atoms with Gasteiger partial charge in [0.2, 0.25) is 0 Å². The number of hydrogen-bond donors (Lipinski definition) is 0. The maximum atomic E-state index is 13.0. The van der Waals surface area contributed by atoms with Gasteiger partial charge in [-0.1, -0.05) is 6.07 Å². The third-order valence-corrected chi connectivity index (χ3v) is 7.37. The summed E-state index contributed by atoms with van der Waals surface area (Å²) >= 11 is 0. The highest BCUT2D eigenvalue weighted by Crippen LogP contribution is 2.39. The van der Waals surface area contributed by atoms with Crippen LogP contribution in [0.25, 0.3) is 0 Å². The van der Waals surface area contributed by atoms with E-state index in [1.165, 1.54) is 23.3 Å². The SMILES string of the molecule is COCCOc1ccc(C2CCCC3CN(C(=O)c4ccc(C(F)(F)F)cc4)CCN32)c(C)c1C. The fraction of sp³-hybridized carbons (Fsp3) is 0.519. The molecule has 2 unspecified atom stereocenters. The third-order valence-electron chi connectivity index (χ3n) is 7.37. The van der Waals surface area contributed by atoms with Crippen LogP contribution in [0.1, 0.15) is 57.9 Å². The van der Waals surface area contributed by atoms with Crippen molar-refractivity contribution in [2.75, 3.05) is 40.0 Å². The third kappa shape index (κ3) is 5.48. The Morgan fingerprint density at radius 1 is 1.00 bits per heavy atom. The molecule has 0 radical (unpaired) electrons. The van der Waals surface area contributed by atoms with Gasteiger partial charge in [-0.15, -0.1) is 0 Å². The average molecular weight is 491 g/mol. The van der Waals surface area contributed by atoms with E-state index in [1.807, 2.05) is 6.07 Å². The minimum absolute atomic E-state index is 0.204. The Labute approximate surface area is 204 Å². The number of nitrogens with zero attached hydrogens (tertiary/aromatic N) is 2. The summed E-state index contributed by atoms with van der Waals surface area (Å²) in [5.41, 5.74) is 3.23. The largest absolute Gasteiger partial charge is 0.491 e. The monoisotopic (exact) mass is 490 g/mol. The number of alkyl halides is 3. The van der Waals surface area contributed by atoms with Crippen molar-refractivity contribution in [3.8, 4) is 5.75 Å². The number of halogens is 3. The molecule has 4 rings (SSSR count). The maximum Gasteiger partial charge on any atom is 0.416 e. The lowest BCUT2D eigenvalue weighted by Crippen LogP contribution is -2.57. The minimum Gasteiger partial charge on any atom is -0.491 e. The molecule has 0 aliphatic carbocycles. The molecule has 2 saturated heterocycles. The standard InChI is InChI=1S/C27H33F3N2O3/c1-18-19(2)25(35-16-15-34-3)12-11-23(18)24-6-4-5-22-17-31(13-14-32(22)24)26(33)20-7-9-21(10-8-20)27(28,29)30/h7-12,22,24H,4-6,13-17H2,1-3H3. The number of carbonyl (C=O) groups excluding carboxylic acids is 1. The summed E-state index contributed by atoms with van der Waals surface area (Å²) in [5.74, 6) is 0.674. The van der Waals surface area contributed by atoms with Crippen LogP contribution in [-0.2, 0) is 10.9 Å². The van der Waals surface area contributed by atoms with Gasteiger partial charge in [0.25, 0.3) is 5.91 Å². The molecule has 0 aromatic heterocycles. The molecule has 0 bridgehead atoms. The van der Waals surface area contributed by atoms with Crippen molar-refractivity contribution in [1.29, 1.82) is 0 Å².